The Morgan fingerprint density at radius 2 is 1.96 bits per heavy atom. The second-order valence-electron chi connectivity index (χ2n) is 7.67. The molecule has 1 N–H and O–H groups in total. The van der Waals surface area contributed by atoms with E-state index in [2.05, 4.69) is 24.1 Å². The number of ether oxygens (including phenoxy) is 2. The largest absolute Gasteiger partial charge is 0.383 e. The number of hydrogen-bond donors (Lipinski definition) is 1. The highest BCUT2D eigenvalue weighted by molar-refractivity contribution is 5.81. The first-order valence-corrected chi connectivity index (χ1v) is 9.74. The summed E-state index contributed by atoms with van der Waals surface area (Å²) in [5.41, 5.74) is 1.36. The van der Waals surface area contributed by atoms with Gasteiger partial charge < -0.3 is 14.8 Å². The van der Waals surface area contributed by atoms with Crippen LogP contribution in [0.3, 0.4) is 0 Å². The van der Waals surface area contributed by atoms with E-state index in [-0.39, 0.29) is 30.3 Å². The van der Waals surface area contributed by atoms with Gasteiger partial charge >= 0.3 is 0 Å². The van der Waals surface area contributed by atoms with Crippen molar-refractivity contribution in [3.05, 3.63) is 35.1 Å². The van der Waals surface area contributed by atoms with Gasteiger partial charge in [0, 0.05) is 26.3 Å². The summed E-state index contributed by atoms with van der Waals surface area (Å²) in [6.45, 7) is 6.96. The lowest BCUT2D eigenvalue weighted by Gasteiger charge is -2.37. The number of amides is 1. The average Bonchev–Trinajstić information content (AvgIpc) is 2.66. The van der Waals surface area contributed by atoms with E-state index in [0.717, 1.165) is 31.5 Å². The molecule has 0 aliphatic carbocycles. The minimum atomic E-state index is -0.292. The monoisotopic (exact) mass is 380 g/mol. The summed E-state index contributed by atoms with van der Waals surface area (Å²) in [5, 5.41) is 3.00. The standard InChI is InChI=1S/C21H33FN2O3/c1-15(2)12-23-21(25)19(14-27-4)24-10-8-16(9-11-24)18-7-5-6-17(13-26-3)20(18)22/h5-7,15-16,19H,8-14H2,1-4H3,(H,23,25). The zero-order chi connectivity index (χ0) is 19.8. The summed E-state index contributed by atoms with van der Waals surface area (Å²) in [5.74, 6) is 0.434. The van der Waals surface area contributed by atoms with Crippen molar-refractivity contribution in [1.29, 1.82) is 0 Å². The average molecular weight is 381 g/mol. The van der Waals surface area contributed by atoms with Crippen LogP contribution in [0, 0.1) is 11.7 Å². The molecule has 5 nitrogen and oxygen atoms in total. The van der Waals surface area contributed by atoms with E-state index in [1.807, 2.05) is 12.1 Å². The molecule has 1 saturated heterocycles. The molecule has 0 spiro atoms. The van der Waals surface area contributed by atoms with E-state index < -0.39 is 0 Å². The molecule has 152 valence electrons. The molecule has 0 aromatic heterocycles. The van der Waals surface area contributed by atoms with Crippen molar-refractivity contribution in [1.82, 2.24) is 10.2 Å². The molecular formula is C21H33FN2O3. The minimum Gasteiger partial charge on any atom is -0.383 e. The molecule has 0 radical (unpaired) electrons. The smallest absolute Gasteiger partial charge is 0.239 e. The van der Waals surface area contributed by atoms with E-state index in [1.54, 1.807) is 20.3 Å². The van der Waals surface area contributed by atoms with Crippen LogP contribution in [0.2, 0.25) is 0 Å². The summed E-state index contributed by atoms with van der Waals surface area (Å²) in [7, 11) is 3.19. The van der Waals surface area contributed by atoms with Crippen LogP contribution >= 0.6 is 0 Å². The van der Waals surface area contributed by atoms with Gasteiger partial charge in [0.25, 0.3) is 0 Å². The molecule has 0 bridgehead atoms. The number of methoxy groups -OCH3 is 2. The third kappa shape index (κ3) is 5.99. The SMILES string of the molecule is COCc1cccc(C2CCN(C(COC)C(=O)NCC(C)C)CC2)c1F. The van der Waals surface area contributed by atoms with Gasteiger partial charge in [-0.25, -0.2) is 4.39 Å². The molecule has 1 aromatic rings. The highest BCUT2D eigenvalue weighted by atomic mass is 19.1. The van der Waals surface area contributed by atoms with Crippen LogP contribution in [0.4, 0.5) is 4.39 Å². The van der Waals surface area contributed by atoms with Gasteiger partial charge in [-0.3, -0.25) is 9.69 Å². The van der Waals surface area contributed by atoms with Crippen LogP contribution in [0.25, 0.3) is 0 Å². The number of benzene rings is 1. The van der Waals surface area contributed by atoms with E-state index >= 15 is 0 Å². The molecule has 6 heteroatoms. The molecule has 1 amide bonds. The van der Waals surface area contributed by atoms with Gasteiger partial charge in [0.1, 0.15) is 11.9 Å². The number of nitrogens with one attached hydrogen (secondary N) is 1. The van der Waals surface area contributed by atoms with Gasteiger partial charge in [-0.2, -0.15) is 0 Å². The van der Waals surface area contributed by atoms with Crippen LogP contribution in [-0.2, 0) is 20.9 Å². The normalized spacial score (nSPS) is 17.3. The van der Waals surface area contributed by atoms with Crippen LogP contribution < -0.4 is 5.32 Å². The van der Waals surface area contributed by atoms with Crippen molar-refractivity contribution >= 4 is 5.91 Å². The van der Waals surface area contributed by atoms with E-state index in [1.165, 1.54) is 0 Å². The Morgan fingerprint density at radius 1 is 1.26 bits per heavy atom. The third-order valence-electron chi connectivity index (χ3n) is 5.13. The fourth-order valence-electron chi connectivity index (χ4n) is 3.63. The second-order valence-corrected chi connectivity index (χ2v) is 7.67. The summed E-state index contributed by atoms with van der Waals surface area (Å²) < 4.78 is 25.1. The Morgan fingerprint density at radius 3 is 2.56 bits per heavy atom. The number of likely N-dealkylation sites (tertiary alicyclic amines) is 1. The number of nitrogens with zero attached hydrogens (tertiary/aromatic N) is 1. The lowest BCUT2D eigenvalue weighted by molar-refractivity contribution is -0.129. The van der Waals surface area contributed by atoms with Gasteiger partial charge in [-0.15, -0.1) is 0 Å². The van der Waals surface area contributed by atoms with Crippen molar-refractivity contribution in [2.24, 2.45) is 5.92 Å². The molecule has 1 aromatic carbocycles. The van der Waals surface area contributed by atoms with E-state index in [4.69, 9.17) is 9.47 Å². The number of halogens is 1. The first-order valence-electron chi connectivity index (χ1n) is 9.74. The fraction of sp³-hybridized carbons (Fsp3) is 0.667. The molecule has 27 heavy (non-hydrogen) atoms. The summed E-state index contributed by atoms with van der Waals surface area (Å²) >= 11 is 0. The third-order valence-corrected chi connectivity index (χ3v) is 5.13. The Hall–Kier alpha value is -1.50. The Kier molecular flexibility index (Phi) is 8.67. The second kappa shape index (κ2) is 10.7. The maximum Gasteiger partial charge on any atom is 0.239 e. The first kappa shape index (κ1) is 21.8. The van der Waals surface area contributed by atoms with Crippen molar-refractivity contribution in [2.45, 2.75) is 45.3 Å². The van der Waals surface area contributed by atoms with Crippen LogP contribution in [0.15, 0.2) is 18.2 Å². The minimum absolute atomic E-state index is 0.0114. The molecular weight excluding hydrogens is 347 g/mol. The zero-order valence-electron chi connectivity index (χ0n) is 17.0. The molecule has 0 saturated carbocycles. The molecule has 1 fully saturated rings. The van der Waals surface area contributed by atoms with Gasteiger partial charge in [0.15, 0.2) is 0 Å². The number of hydrogen-bond acceptors (Lipinski definition) is 4. The van der Waals surface area contributed by atoms with Crippen molar-refractivity contribution in [3.63, 3.8) is 0 Å². The topological polar surface area (TPSA) is 50.8 Å². The van der Waals surface area contributed by atoms with Gasteiger partial charge in [-0.1, -0.05) is 32.0 Å². The van der Waals surface area contributed by atoms with Crippen LogP contribution in [-0.4, -0.2) is 57.3 Å². The zero-order valence-corrected chi connectivity index (χ0v) is 17.0. The molecule has 1 aliphatic rings. The number of carbonyl (C=O) groups is 1. The highest BCUT2D eigenvalue weighted by Crippen LogP contribution is 2.31. The fourth-order valence-corrected chi connectivity index (χ4v) is 3.63. The highest BCUT2D eigenvalue weighted by Gasteiger charge is 2.31. The lowest BCUT2D eigenvalue weighted by atomic mass is 9.87. The van der Waals surface area contributed by atoms with Gasteiger partial charge in [-0.05, 0) is 43.3 Å². The van der Waals surface area contributed by atoms with Gasteiger partial charge in [0.05, 0.1) is 13.2 Å². The number of rotatable bonds is 9. The maximum absolute atomic E-state index is 14.7. The molecule has 1 aliphatic heterocycles. The molecule has 2 rings (SSSR count). The van der Waals surface area contributed by atoms with Gasteiger partial charge in [0.2, 0.25) is 5.91 Å². The Balaban J connectivity index is 2.00. The van der Waals surface area contributed by atoms with Crippen molar-refractivity contribution in [3.8, 4) is 0 Å². The quantitative estimate of drug-likeness (QED) is 0.716. The first-order chi connectivity index (χ1) is 13.0. The summed E-state index contributed by atoms with van der Waals surface area (Å²) in [6.07, 6.45) is 1.65. The summed E-state index contributed by atoms with van der Waals surface area (Å²) in [4.78, 5) is 14.7. The maximum atomic E-state index is 14.7. The van der Waals surface area contributed by atoms with E-state index in [9.17, 15) is 9.18 Å². The Labute approximate surface area is 162 Å². The van der Waals surface area contributed by atoms with Crippen molar-refractivity contribution in [2.75, 3.05) is 40.5 Å². The number of carbonyl (C=O) groups excluding carboxylic acids is 1. The van der Waals surface area contributed by atoms with Crippen LogP contribution in [0.5, 0.6) is 0 Å². The molecule has 1 atom stereocenters. The molecule has 1 unspecified atom stereocenters. The lowest BCUT2D eigenvalue weighted by Crippen LogP contribution is -2.52. The predicted octanol–water partition coefficient (Wildman–Crippen LogP) is 2.94. The predicted molar refractivity (Wildman–Crippen MR) is 104 cm³/mol. The Bertz CT molecular complexity index is 601. The number of piperidine rings is 1. The van der Waals surface area contributed by atoms with Crippen molar-refractivity contribution < 1.29 is 18.7 Å². The summed E-state index contributed by atoms with van der Waals surface area (Å²) in [6, 6.07) is 5.24. The van der Waals surface area contributed by atoms with Crippen LogP contribution in [0.1, 0.15) is 43.7 Å². The van der Waals surface area contributed by atoms with E-state index in [0.29, 0.717) is 24.6 Å². The molecule has 1 heterocycles.